The fourth-order valence-corrected chi connectivity index (χ4v) is 3.24. The van der Waals surface area contributed by atoms with Crippen LogP contribution in [-0.4, -0.2) is 30.3 Å². The van der Waals surface area contributed by atoms with Crippen molar-refractivity contribution in [3.05, 3.63) is 90.0 Å². The third-order valence-electron chi connectivity index (χ3n) is 4.88. The smallest absolute Gasteiger partial charge is 0.257 e. The summed E-state index contributed by atoms with van der Waals surface area (Å²) in [6, 6.07) is 24.2. The first-order valence-corrected chi connectivity index (χ1v) is 10.0. The Hall–Kier alpha value is -4.26. The van der Waals surface area contributed by atoms with Crippen LogP contribution < -0.4 is 19.5 Å². The number of ether oxygens (including phenoxy) is 3. The van der Waals surface area contributed by atoms with Gasteiger partial charge in [0.2, 0.25) is 0 Å². The van der Waals surface area contributed by atoms with Crippen LogP contribution in [0.5, 0.6) is 17.2 Å². The molecule has 0 atom stereocenters. The van der Waals surface area contributed by atoms with Crippen molar-refractivity contribution in [2.75, 3.05) is 19.5 Å². The molecule has 2 N–H and O–H groups in total. The molecule has 0 unspecified atom stereocenters. The standard InChI is InChI=1S/C25H23N3O4/c1-30-21-11-7-6-10-19(21)20-15-24(28-27-20)26-25(29)18-12-13-22(23(14-18)31-2)32-16-17-8-4-3-5-9-17/h3-15H,16H2,1-2H3,(H2,26,27,28,29). The number of hydrogen-bond donors (Lipinski definition) is 2. The van der Waals surface area contributed by atoms with Crippen molar-refractivity contribution in [2.24, 2.45) is 0 Å². The van der Waals surface area contributed by atoms with Gasteiger partial charge in [0.25, 0.3) is 5.91 Å². The summed E-state index contributed by atoms with van der Waals surface area (Å²) in [7, 11) is 3.15. The molecule has 0 bridgehead atoms. The molecule has 1 aromatic heterocycles. The highest BCUT2D eigenvalue weighted by Gasteiger charge is 2.14. The van der Waals surface area contributed by atoms with Crippen LogP contribution >= 0.6 is 0 Å². The molecule has 0 spiro atoms. The Labute approximate surface area is 186 Å². The number of methoxy groups -OCH3 is 2. The van der Waals surface area contributed by atoms with Crippen molar-refractivity contribution < 1.29 is 19.0 Å². The van der Waals surface area contributed by atoms with Gasteiger partial charge in [-0.2, -0.15) is 5.10 Å². The number of anilines is 1. The van der Waals surface area contributed by atoms with Crippen LogP contribution in [-0.2, 0) is 6.61 Å². The van der Waals surface area contributed by atoms with Gasteiger partial charge in [-0.25, -0.2) is 0 Å². The van der Waals surface area contributed by atoms with Gasteiger partial charge in [-0.05, 0) is 35.9 Å². The minimum Gasteiger partial charge on any atom is -0.496 e. The molecule has 0 saturated carbocycles. The summed E-state index contributed by atoms with van der Waals surface area (Å²) >= 11 is 0. The van der Waals surface area contributed by atoms with Gasteiger partial charge in [0, 0.05) is 17.2 Å². The first kappa shape index (κ1) is 21.0. The van der Waals surface area contributed by atoms with Crippen LogP contribution in [0.1, 0.15) is 15.9 Å². The van der Waals surface area contributed by atoms with E-state index in [1.54, 1.807) is 38.5 Å². The van der Waals surface area contributed by atoms with Crippen LogP contribution in [0.25, 0.3) is 11.3 Å². The average Bonchev–Trinajstić information content (AvgIpc) is 3.31. The molecule has 4 rings (SSSR count). The van der Waals surface area contributed by atoms with Crippen molar-refractivity contribution in [2.45, 2.75) is 6.61 Å². The quantitative estimate of drug-likeness (QED) is 0.415. The fraction of sp³-hybridized carbons (Fsp3) is 0.120. The van der Waals surface area contributed by atoms with E-state index >= 15 is 0 Å². The first-order valence-electron chi connectivity index (χ1n) is 10.0. The number of carbonyl (C=O) groups is 1. The summed E-state index contributed by atoms with van der Waals surface area (Å²) in [5.41, 5.74) is 3.06. The van der Waals surface area contributed by atoms with E-state index in [-0.39, 0.29) is 5.91 Å². The maximum Gasteiger partial charge on any atom is 0.257 e. The lowest BCUT2D eigenvalue weighted by Crippen LogP contribution is -2.12. The molecule has 0 aliphatic heterocycles. The average molecular weight is 429 g/mol. The van der Waals surface area contributed by atoms with Gasteiger partial charge >= 0.3 is 0 Å². The van der Waals surface area contributed by atoms with E-state index in [4.69, 9.17) is 14.2 Å². The molecule has 0 fully saturated rings. The molecule has 0 radical (unpaired) electrons. The van der Waals surface area contributed by atoms with E-state index in [9.17, 15) is 4.79 Å². The van der Waals surface area contributed by atoms with Crippen LogP contribution in [0, 0.1) is 0 Å². The van der Waals surface area contributed by atoms with Gasteiger partial charge in [0.1, 0.15) is 12.4 Å². The van der Waals surface area contributed by atoms with Gasteiger partial charge in [-0.3, -0.25) is 9.89 Å². The highest BCUT2D eigenvalue weighted by Crippen LogP contribution is 2.31. The topological polar surface area (TPSA) is 85.5 Å². The van der Waals surface area contributed by atoms with Crippen LogP contribution in [0.3, 0.4) is 0 Å². The number of para-hydroxylation sites is 1. The number of rotatable bonds is 8. The molecule has 1 heterocycles. The minimum absolute atomic E-state index is 0.309. The summed E-state index contributed by atoms with van der Waals surface area (Å²) in [6.45, 7) is 0.405. The molecule has 4 aromatic rings. The maximum atomic E-state index is 12.8. The fourth-order valence-electron chi connectivity index (χ4n) is 3.24. The molecule has 0 saturated heterocycles. The summed E-state index contributed by atoms with van der Waals surface area (Å²) in [4.78, 5) is 12.8. The lowest BCUT2D eigenvalue weighted by Gasteiger charge is -2.12. The first-order chi connectivity index (χ1) is 15.7. The van der Waals surface area contributed by atoms with Crippen LogP contribution in [0.2, 0.25) is 0 Å². The predicted octanol–water partition coefficient (Wildman–Crippen LogP) is 4.93. The summed E-state index contributed by atoms with van der Waals surface area (Å²) in [5, 5.41) is 9.91. The second-order valence-corrected chi connectivity index (χ2v) is 6.96. The molecule has 1 amide bonds. The number of hydrogen-bond acceptors (Lipinski definition) is 5. The number of benzene rings is 3. The molecule has 162 valence electrons. The van der Waals surface area contributed by atoms with E-state index < -0.39 is 0 Å². The number of nitrogens with one attached hydrogen (secondary N) is 2. The third-order valence-corrected chi connectivity index (χ3v) is 4.88. The van der Waals surface area contributed by atoms with E-state index in [2.05, 4.69) is 15.5 Å². The summed E-state index contributed by atoms with van der Waals surface area (Å²) in [6.07, 6.45) is 0. The predicted molar refractivity (Wildman–Crippen MR) is 122 cm³/mol. The van der Waals surface area contributed by atoms with Crippen LogP contribution in [0.4, 0.5) is 5.82 Å². The zero-order valence-corrected chi connectivity index (χ0v) is 17.8. The molecule has 0 aliphatic rings. The van der Waals surface area contributed by atoms with Crippen molar-refractivity contribution >= 4 is 11.7 Å². The Morgan fingerprint density at radius 1 is 0.875 bits per heavy atom. The van der Waals surface area contributed by atoms with Crippen molar-refractivity contribution in [1.82, 2.24) is 10.2 Å². The maximum absolute atomic E-state index is 12.8. The lowest BCUT2D eigenvalue weighted by molar-refractivity contribution is 0.102. The monoisotopic (exact) mass is 429 g/mol. The zero-order valence-electron chi connectivity index (χ0n) is 17.8. The van der Waals surface area contributed by atoms with E-state index in [1.165, 1.54) is 0 Å². The van der Waals surface area contributed by atoms with E-state index in [0.29, 0.717) is 35.2 Å². The van der Waals surface area contributed by atoms with Crippen molar-refractivity contribution in [3.63, 3.8) is 0 Å². The third kappa shape index (κ3) is 4.73. The second-order valence-electron chi connectivity index (χ2n) is 6.96. The molecule has 7 heteroatoms. The number of aromatic nitrogens is 2. The molecular formula is C25H23N3O4. The summed E-state index contributed by atoms with van der Waals surface area (Å²) < 4.78 is 16.7. The van der Waals surface area contributed by atoms with Gasteiger partial charge in [0.05, 0.1) is 19.9 Å². The van der Waals surface area contributed by atoms with Crippen molar-refractivity contribution in [3.8, 4) is 28.5 Å². The lowest BCUT2D eigenvalue weighted by atomic mass is 10.1. The number of H-pyrrole nitrogens is 1. The highest BCUT2D eigenvalue weighted by atomic mass is 16.5. The van der Waals surface area contributed by atoms with Crippen molar-refractivity contribution in [1.29, 1.82) is 0 Å². The Balaban J connectivity index is 1.46. The Kier molecular flexibility index (Phi) is 6.36. The van der Waals surface area contributed by atoms with E-state index in [1.807, 2.05) is 54.6 Å². The van der Waals surface area contributed by atoms with Gasteiger partial charge < -0.3 is 19.5 Å². The van der Waals surface area contributed by atoms with E-state index in [0.717, 1.165) is 16.8 Å². The van der Waals surface area contributed by atoms with Crippen LogP contribution in [0.15, 0.2) is 78.9 Å². The highest BCUT2D eigenvalue weighted by molar-refractivity contribution is 6.04. The SMILES string of the molecule is COc1cc(C(=O)Nc2cc(-c3ccccc3OC)[nH]n2)ccc1OCc1ccccc1. The number of nitrogens with zero attached hydrogens (tertiary/aromatic N) is 1. The summed E-state index contributed by atoms with van der Waals surface area (Å²) in [5.74, 6) is 1.84. The molecule has 3 aromatic carbocycles. The number of aromatic amines is 1. The largest absolute Gasteiger partial charge is 0.496 e. The normalized spacial score (nSPS) is 10.4. The van der Waals surface area contributed by atoms with Gasteiger partial charge in [-0.1, -0.05) is 42.5 Å². The molecule has 32 heavy (non-hydrogen) atoms. The molecular weight excluding hydrogens is 406 g/mol. The zero-order chi connectivity index (χ0) is 22.3. The van der Waals surface area contributed by atoms with Gasteiger partial charge in [-0.15, -0.1) is 0 Å². The molecule has 7 nitrogen and oxygen atoms in total. The second kappa shape index (κ2) is 9.70. The Bertz CT molecular complexity index is 1200. The minimum atomic E-state index is -0.309. The Morgan fingerprint density at radius 2 is 1.62 bits per heavy atom. The Morgan fingerprint density at radius 3 is 2.41 bits per heavy atom. The number of amides is 1. The number of carbonyl (C=O) groups excluding carboxylic acids is 1. The van der Waals surface area contributed by atoms with Gasteiger partial charge in [0.15, 0.2) is 17.3 Å². The molecule has 0 aliphatic carbocycles.